The Morgan fingerprint density at radius 3 is 2.59 bits per heavy atom. The van der Waals surface area contributed by atoms with Crippen molar-refractivity contribution >= 4 is 39.4 Å². The minimum atomic E-state index is -4.16. The van der Waals surface area contributed by atoms with E-state index in [0.29, 0.717) is 17.3 Å². The van der Waals surface area contributed by atoms with Gasteiger partial charge in [-0.3, -0.25) is 9.36 Å². The molecule has 0 bridgehead atoms. The molecule has 2 aliphatic rings. The zero-order valence-electron chi connectivity index (χ0n) is 23.2. The van der Waals surface area contributed by atoms with Gasteiger partial charge < -0.3 is 25.0 Å². The van der Waals surface area contributed by atoms with Crippen molar-refractivity contribution in [2.75, 3.05) is 31.3 Å². The van der Waals surface area contributed by atoms with Crippen LogP contribution in [0.2, 0.25) is 5.15 Å². The van der Waals surface area contributed by atoms with Gasteiger partial charge in [0, 0.05) is 38.1 Å². The lowest BCUT2D eigenvalue weighted by Gasteiger charge is -2.51. The maximum atomic E-state index is 13.5. The van der Waals surface area contributed by atoms with Gasteiger partial charge in [-0.1, -0.05) is 35.9 Å². The van der Waals surface area contributed by atoms with Gasteiger partial charge in [0.2, 0.25) is 18.6 Å². The van der Waals surface area contributed by atoms with E-state index in [2.05, 4.69) is 14.7 Å². The number of hydrogen-bond donors (Lipinski definition) is 2. The average Bonchev–Trinajstić information content (AvgIpc) is 3.69. The van der Waals surface area contributed by atoms with Crippen LogP contribution in [0.1, 0.15) is 12.0 Å². The highest BCUT2D eigenvalue weighted by molar-refractivity contribution is 7.90. The predicted molar refractivity (Wildman–Crippen MR) is 158 cm³/mol. The first-order valence-electron chi connectivity index (χ1n) is 13.5. The van der Waals surface area contributed by atoms with Crippen LogP contribution in [-0.4, -0.2) is 76.7 Å². The first-order chi connectivity index (χ1) is 21.1. The molecule has 14 nitrogen and oxygen atoms in total. The molecule has 1 unspecified atom stereocenters. The summed E-state index contributed by atoms with van der Waals surface area (Å²) >= 11 is 6.44. The molecular formula is C28H27ClN8O6S. The van der Waals surface area contributed by atoms with Gasteiger partial charge in [-0.15, -0.1) is 0 Å². The second-order valence-electron chi connectivity index (χ2n) is 10.3. The number of aromatic nitrogens is 4. The van der Waals surface area contributed by atoms with Gasteiger partial charge >= 0.3 is 6.03 Å². The summed E-state index contributed by atoms with van der Waals surface area (Å²) in [6.07, 6.45) is 4.74. The van der Waals surface area contributed by atoms with E-state index in [4.69, 9.17) is 31.8 Å². The molecule has 2 aliphatic heterocycles. The molecule has 3 N–H and O–H groups in total. The number of carbonyl (C=O) groups is 2. The normalized spacial score (nSPS) is 17.8. The fraction of sp³-hybridized carbons (Fsp3) is 0.250. The van der Waals surface area contributed by atoms with Crippen molar-refractivity contribution in [2.24, 2.45) is 5.73 Å². The number of imidazole rings is 1. The molecule has 0 spiro atoms. The molecule has 2 aromatic heterocycles. The van der Waals surface area contributed by atoms with Gasteiger partial charge in [-0.05, 0) is 36.2 Å². The highest BCUT2D eigenvalue weighted by atomic mass is 35.5. The maximum absolute atomic E-state index is 13.5. The number of piperazine rings is 1. The number of benzene rings is 2. The number of rotatable bonds is 8. The van der Waals surface area contributed by atoms with Crippen molar-refractivity contribution in [1.29, 1.82) is 0 Å². The molecule has 4 aromatic rings. The van der Waals surface area contributed by atoms with Crippen LogP contribution in [0.15, 0.2) is 78.2 Å². The van der Waals surface area contributed by atoms with Crippen LogP contribution in [0.4, 0.5) is 10.6 Å². The quantitative estimate of drug-likeness (QED) is 0.272. The summed E-state index contributed by atoms with van der Waals surface area (Å²) in [5, 5.41) is 0.142. The third kappa shape index (κ3) is 5.96. The molecule has 1 saturated heterocycles. The second-order valence-corrected chi connectivity index (χ2v) is 12.4. The van der Waals surface area contributed by atoms with Crippen LogP contribution in [-0.2, 0) is 21.2 Å². The zero-order chi connectivity index (χ0) is 30.9. The summed E-state index contributed by atoms with van der Waals surface area (Å²) in [6.45, 7) is 0.257. The number of urea groups is 1. The minimum absolute atomic E-state index is 0.0570. The fourth-order valence-corrected chi connectivity index (χ4v) is 6.66. The molecule has 44 heavy (non-hydrogen) atoms. The number of hydrogen-bond acceptors (Lipinski definition) is 10. The van der Waals surface area contributed by atoms with Gasteiger partial charge in [0.1, 0.15) is 17.3 Å². The molecule has 0 saturated carbocycles. The number of halogens is 1. The van der Waals surface area contributed by atoms with Gasteiger partial charge in [0.05, 0.1) is 16.9 Å². The SMILES string of the molecule is NC(=O)CC1(Cc2ccc3c(c2)OCO3)CN(C(=O)NS(=O)(=O)c2ccccc2)CCN1c1cc(Cl)nc(-n2ccnc2)n1. The Labute approximate surface area is 257 Å². The van der Waals surface area contributed by atoms with Gasteiger partial charge in [0.15, 0.2) is 11.5 Å². The molecule has 3 amide bonds. The minimum Gasteiger partial charge on any atom is -0.454 e. The molecule has 6 rings (SSSR count). The van der Waals surface area contributed by atoms with Gasteiger partial charge in [0.25, 0.3) is 10.0 Å². The number of carbonyl (C=O) groups excluding carboxylic acids is 2. The smallest absolute Gasteiger partial charge is 0.331 e. The topological polar surface area (TPSA) is 175 Å². The Morgan fingerprint density at radius 2 is 1.84 bits per heavy atom. The monoisotopic (exact) mass is 638 g/mol. The third-order valence-electron chi connectivity index (χ3n) is 7.37. The number of nitrogens with one attached hydrogen (secondary N) is 1. The average molecular weight is 639 g/mol. The first-order valence-corrected chi connectivity index (χ1v) is 15.3. The molecule has 2 aromatic carbocycles. The van der Waals surface area contributed by atoms with Crippen molar-refractivity contribution in [3.63, 3.8) is 0 Å². The lowest BCUT2D eigenvalue weighted by Crippen LogP contribution is -2.67. The number of primary amides is 1. The third-order valence-corrected chi connectivity index (χ3v) is 8.90. The second kappa shape index (κ2) is 11.7. The van der Waals surface area contributed by atoms with E-state index < -0.39 is 27.5 Å². The van der Waals surface area contributed by atoms with Gasteiger partial charge in [-0.2, -0.15) is 4.98 Å². The van der Waals surface area contributed by atoms with E-state index >= 15 is 0 Å². The summed E-state index contributed by atoms with van der Waals surface area (Å²) < 4.78 is 40.7. The van der Waals surface area contributed by atoms with Crippen LogP contribution in [0, 0.1) is 0 Å². The summed E-state index contributed by atoms with van der Waals surface area (Å²) in [5.41, 5.74) is 5.41. The standard InChI is InChI=1S/C28H27ClN8O6S/c29-23-13-25(33-26(32-23)36-9-8-31-17-36)37-11-10-35(27(39)34-44(40,41)20-4-2-1-3-5-20)16-28(37,15-24(30)38)14-19-6-7-21-22(12-19)43-18-42-21/h1-9,12-13,17H,10-11,14-16,18H2,(H2,30,38)(H,34,39). The number of amides is 3. The lowest BCUT2D eigenvalue weighted by molar-refractivity contribution is -0.119. The number of nitrogens with two attached hydrogens (primary N) is 1. The van der Waals surface area contributed by atoms with Crippen molar-refractivity contribution in [2.45, 2.75) is 23.3 Å². The number of sulfonamides is 1. The maximum Gasteiger partial charge on any atom is 0.331 e. The summed E-state index contributed by atoms with van der Waals surface area (Å²) in [7, 11) is -4.16. The van der Waals surface area contributed by atoms with E-state index in [0.717, 1.165) is 5.56 Å². The number of ether oxygens (including phenoxy) is 2. The van der Waals surface area contributed by atoms with Crippen molar-refractivity contribution in [3.05, 3.63) is 84.0 Å². The van der Waals surface area contributed by atoms with Gasteiger partial charge in [-0.25, -0.2) is 27.9 Å². The number of nitrogens with zero attached hydrogens (tertiary/aromatic N) is 6. The van der Waals surface area contributed by atoms with Crippen molar-refractivity contribution < 1.29 is 27.5 Å². The largest absolute Gasteiger partial charge is 0.454 e. The molecule has 228 valence electrons. The molecule has 1 atom stereocenters. The molecular weight excluding hydrogens is 612 g/mol. The van der Waals surface area contributed by atoms with E-state index in [9.17, 15) is 18.0 Å². The predicted octanol–water partition coefficient (Wildman–Crippen LogP) is 2.12. The van der Waals surface area contributed by atoms with E-state index in [1.807, 2.05) is 11.0 Å². The summed E-state index contributed by atoms with van der Waals surface area (Å²) in [5.74, 6) is 1.11. The van der Waals surface area contributed by atoms with Crippen molar-refractivity contribution in [3.8, 4) is 17.4 Å². The van der Waals surface area contributed by atoms with E-state index in [-0.39, 0.29) is 55.3 Å². The van der Waals surface area contributed by atoms with Crippen LogP contribution >= 0.6 is 11.6 Å². The zero-order valence-corrected chi connectivity index (χ0v) is 24.7. The molecule has 16 heteroatoms. The Kier molecular flexibility index (Phi) is 7.73. The van der Waals surface area contributed by atoms with Crippen molar-refractivity contribution in [1.82, 2.24) is 29.1 Å². The molecule has 1 fully saturated rings. The molecule has 0 radical (unpaired) electrons. The van der Waals surface area contributed by atoms with Crippen LogP contribution in [0.25, 0.3) is 5.95 Å². The highest BCUT2D eigenvalue weighted by Crippen LogP contribution is 2.38. The number of fused-ring (bicyclic) bond motifs is 1. The molecule has 0 aliphatic carbocycles. The Balaban J connectivity index is 1.39. The van der Waals surface area contributed by atoms with E-state index in [1.54, 1.807) is 53.4 Å². The van der Waals surface area contributed by atoms with Crippen LogP contribution < -0.4 is 24.8 Å². The summed E-state index contributed by atoms with van der Waals surface area (Å²) in [4.78, 5) is 42.4. The summed E-state index contributed by atoms with van der Waals surface area (Å²) in [6, 6.07) is 13.7. The first kappa shape index (κ1) is 29.2. The molecule has 4 heterocycles. The Hall–Kier alpha value is -4.89. The van der Waals surface area contributed by atoms with Crippen LogP contribution in [0.3, 0.4) is 0 Å². The van der Waals surface area contributed by atoms with E-state index in [1.165, 1.54) is 23.4 Å². The highest BCUT2D eigenvalue weighted by Gasteiger charge is 2.46. The fourth-order valence-electron chi connectivity index (χ4n) is 5.49. The number of anilines is 1. The van der Waals surface area contributed by atoms with Crippen LogP contribution in [0.5, 0.6) is 11.5 Å². The Bertz CT molecular complexity index is 1810. The lowest BCUT2D eigenvalue weighted by atomic mass is 9.83. The Morgan fingerprint density at radius 1 is 1.05 bits per heavy atom.